The molecule has 2 aromatic rings. The van der Waals surface area contributed by atoms with E-state index in [0.717, 1.165) is 16.0 Å². The maximum absolute atomic E-state index is 11.4. The Hall–Kier alpha value is -2.10. The van der Waals surface area contributed by atoms with Crippen molar-refractivity contribution in [1.29, 1.82) is 0 Å². The molecule has 17 heavy (non-hydrogen) atoms. The molecule has 0 aliphatic carbocycles. The first-order valence-electron chi connectivity index (χ1n) is 4.97. The minimum Gasteiger partial charge on any atom is -0.286 e. The van der Waals surface area contributed by atoms with Gasteiger partial charge in [-0.25, -0.2) is 0 Å². The zero-order valence-corrected chi connectivity index (χ0v) is 9.94. The van der Waals surface area contributed by atoms with Gasteiger partial charge in [0, 0.05) is 9.79 Å². The van der Waals surface area contributed by atoms with E-state index >= 15 is 0 Å². The molecule has 0 aliphatic rings. The summed E-state index contributed by atoms with van der Waals surface area (Å²) >= 11 is 1.34. The van der Waals surface area contributed by atoms with E-state index in [2.05, 4.69) is 10.0 Å². The Morgan fingerprint density at radius 3 is 2.71 bits per heavy atom. The molecule has 5 heteroatoms. The lowest BCUT2D eigenvalue weighted by Crippen LogP contribution is -1.86. The van der Waals surface area contributed by atoms with Crippen LogP contribution in [-0.4, -0.2) is 5.91 Å². The average Bonchev–Trinajstić information content (AvgIpc) is 2.73. The minimum absolute atomic E-state index is 0.471. The third-order valence-corrected chi connectivity index (χ3v) is 3.39. The maximum atomic E-state index is 11.4. The van der Waals surface area contributed by atoms with Gasteiger partial charge >= 0.3 is 0 Å². The summed E-state index contributed by atoms with van der Waals surface area (Å²) in [6, 6.07) is 11.6. The zero-order valence-electron chi connectivity index (χ0n) is 9.12. The number of benzene rings is 1. The molecule has 4 nitrogen and oxygen atoms in total. The van der Waals surface area contributed by atoms with Gasteiger partial charge in [-0.05, 0) is 34.8 Å². The second kappa shape index (κ2) is 4.82. The molecule has 0 atom stereocenters. The summed E-state index contributed by atoms with van der Waals surface area (Å²) in [6.45, 7) is 1.94. The van der Waals surface area contributed by atoms with E-state index in [1.54, 1.807) is 6.07 Å². The van der Waals surface area contributed by atoms with Gasteiger partial charge in [-0.15, -0.1) is 11.3 Å². The summed E-state index contributed by atoms with van der Waals surface area (Å²) in [6.07, 6.45) is 0. The van der Waals surface area contributed by atoms with E-state index in [4.69, 9.17) is 5.53 Å². The highest BCUT2D eigenvalue weighted by Gasteiger charge is 2.11. The van der Waals surface area contributed by atoms with Crippen molar-refractivity contribution in [3.63, 3.8) is 0 Å². The summed E-state index contributed by atoms with van der Waals surface area (Å²) in [5.74, 6) is -0.525. The Labute approximate surface area is 102 Å². The predicted octanol–water partition coefficient (Wildman–Crippen LogP) is 4.17. The highest BCUT2D eigenvalue weighted by atomic mass is 32.1. The highest BCUT2D eigenvalue weighted by Crippen LogP contribution is 2.31. The third-order valence-electron chi connectivity index (χ3n) is 2.35. The fourth-order valence-electron chi connectivity index (χ4n) is 1.58. The van der Waals surface area contributed by atoms with E-state index in [1.807, 2.05) is 37.3 Å². The van der Waals surface area contributed by atoms with Crippen molar-refractivity contribution in [2.75, 3.05) is 0 Å². The number of rotatable bonds is 2. The molecule has 0 N–H and O–H groups in total. The van der Waals surface area contributed by atoms with Gasteiger partial charge in [-0.3, -0.25) is 4.79 Å². The molecule has 0 spiro atoms. The Bertz CT molecular complexity index is 597. The van der Waals surface area contributed by atoms with Gasteiger partial charge < -0.3 is 0 Å². The van der Waals surface area contributed by atoms with Gasteiger partial charge in [0.25, 0.3) is 5.91 Å². The molecule has 0 fully saturated rings. The second-order valence-corrected chi connectivity index (χ2v) is 4.70. The topological polar surface area (TPSA) is 65.8 Å². The standard InChI is InChI=1S/C12H9N3OS/c1-8-10(9-5-3-2-4-6-9)7-11(17-8)12(16)14-15-13/h2-7H,1H3. The van der Waals surface area contributed by atoms with Crippen LogP contribution < -0.4 is 0 Å². The zero-order chi connectivity index (χ0) is 12.3. The van der Waals surface area contributed by atoms with Crippen LogP contribution in [0.4, 0.5) is 0 Å². The molecule has 84 valence electrons. The van der Waals surface area contributed by atoms with Crippen LogP contribution in [0.15, 0.2) is 41.5 Å². The summed E-state index contributed by atoms with van der Waals surface area (Å²) in [4.78, 5) is 15.4. The first-order valence-corrected chi connectivity index (χ1v) is 5.79. The average molecular weight is 243 g/mol. The number of hydrogen-bond donors (Lipinski definition) is 0. The molecule has 0 saturated heterocycles. The van der Waals surface area contributed by atoms with Crippen molar-refractivity contribution >= 4 is 17.2 Å². The monoisotopic (exact) mass is 243 g/mol. The van der Waals surface area contributed by atoms with E-state index in [9.17, 15) is 4.79 Å². The normalized spacial score (nSPS) is 9.71. The quantitative estimate of drug-likeness (QED) is 0.443. The Kier molecular flexibility index (Phi) is 3.23. The van der Waals surface area contributed by atoms with Crippen LogP contribution in [0.5, 0.6) is 0 Å². The van der Waals surface area contributed by atoms with E-state index in [0.29, 0.717) is 4.88 Å². The third kappa shape index (κ3) is 2.36. The van der Waals surface area contributed by atoms with Crippen molar-refractivity contribution in [2.24, 2.45) is 5.11 Å². The summed E-state index contributed by atoms with van der Waals surface area (Å²) in [7, 11) is 0. The molecular weight excluding hydrogens is 234 g/mol. The van der Waals surface area contributed by atoms with Crippen LogP contribution in [0, 0.1) is 6.92 Å². The number of azide groups is 1. The van der Waals surface area contributed by atoms with Crippen molar-refractivity contribution in [3.05, 3.63) is 56.6 Å². The number of amides is 1. The molecule has 0 aliphatic heterocycles. The van der Waals surface area contributed by atoms with Crippen LogP contribution in [-0.2, 0) is 0 Å². The van der Waals surface area contributed by atoms with Crippen LogP contribution in [0.25, 0.3) is 21.6 Å². The molecule has 0 saturated carbocycles. The molecule has 2 rings (SSSR count). The van der Waals surface area contributed by atoms with Crippen molar-refractivity contribution in [2.45, 2.75) is 6.92 Å². The number of carbonyl (C=O) groups is 1. The Morgan fingerprint density at radius 2 is 2.06 bits per heavy atom. The minimum atomic E-state index is -0.525. The fourth-order valence-corrected chi connectivity index (χ4v) is 2.50. The highest BCUT2D eigenvalue weighted by molar-refractivity contribution is 7.14. The number of nitrogens with zero attached hydrogens (tertiary/aromatic N) is 3. The largest absolute Gasteiger partial charge is 0.286 e. The first kappa shape index (κ1) is 11.4. The molecule has 1 heterocycles. The van der Waals surface area contributed by atoms with Crippen LogP contribution in [0.1, 0.15) is 14.5 Å². The van der Waals surface area contributed by atoms with Gasteiger partial charge in [0.15, 0.2) is 0 Å². The second-order valence-electron chi connectivity index (χ2n) is 3.44. The lowest BCUT2D eigenvalue weighted by Gasteiger charge is -1.97. The Morgan fingerprint density at radius 1 is 1.35 bits per heavy atom. The summed E-state index contributed by atoms with van der Waals surface area (Å²) < 4.78 is 0. The van der Waals surface area contributed by atoms with Crippen LogP contribution in [0.3, 0.4) is 0 Å². The summed E-state index contributed by atoms with van der Waals surface area (Å²) in [5.41, 5.74) is 10.3. The molecule has 1 amide bonds. The smallest absolute Gasteiger partial charge is 0.259 e. The predicted molar refractivity (Wildman–Crippen MR) is 68.0 cm³/mol. The van der Waals surface area contributed by atoms with E-state index in [1.165, 1.54) is 11.3 Å². The van der Waals surface area contributed by atoms with Crippen molar-refractivity contribution < 1.29 is 4.79 Å². The van der Waals surface area contributed by atoms with Gasteiger partial charge in [0.2, 0.25) is 0 Å². The Balaban J connectivity index is 2.45. The number of carbonyl (C=O) groups excluding carboxylic acids is 1. The number of hydrogen-bond acceptors (Lipinski definition) is 2. The van der Waals surface area contributed by atoms with E-state index < -0.39 is 5.91 Å². The number of aryl methyl sites for hydroxylation is 1. The summed E-state index contributed by atoms with van der Waals surface area (Å²) in [5, 5.41) is 3.10. The van der Waals surface area contributed by atoms with Crippen LogP contribution in [0.2, 0.25) is 0 Å². The lowest BCUT2D eigenvalue weighted by molar-refractivity contribution is 0.100. The molecule has 0 bridgehead atoms. The van der Waals surface area contributed by atoms with Gasteiger partial charge in [-0.2, -0.15) is 0 Å². The van der Waals surface area contributed by atoms with Crippen molar-refractivity contribution in [1.82, 2.24) is 0 Å². The molecule has 1 aromatic carbocycles. The van der Waals surface area contributed by atoms with Gasteiger partial charge in [-0.1, -0.05) is 30.3 Å². The first-order chi connectivity index (χ1) is 8.22. The maximum Gasteiger partial charge on any atom is 0.259 e. The molecular formula is C12H9N3OS. The fraction of sp³-hybridized carbons (Fsp3) is 0.0833. The SMILES string of the molecule is Cc1sc(C(=O)N=[N+]=[N-])cc1-c1ccccc1. The van der Waals surface area contributed by atoms with E-state index in [-0.39, 0.29) is 0 Å². The molecule has 0 unspecified atom stereocenters. The lowest BCUT2D eigenvalue weighted by atomic mass is 10.1. The molecule has 1 aromatic heterocycles. The number of thiophene rings is 1. The van der Waals surface area contributed by atoms with Crippen molar-refractivity contribution in [3.8, 4) is 11.1 Å². The van der Waals surface area contributed by atoms with Gasteiger partial charge in [0.05, 0.1) is 4.88 Å². The molecule has 0 radical (unpaired) electrons. The van der Waals surface area contributed by atoms with Gasteiger partial charge in [0.1, 0.15) is 0 Å². The van der Waals surface area contributed by atoms with Crippen LogP contribution >= 0.6 is 11.3 Å².